The van der Waals surface area contributed by atoms with Gasteiger partial charge in [0.15, 0.2) is 0 Å². The standard InChI is InChI=1S/C9H18N2/c1-11-5-4-7-2-3-9(10)8(7)6-11/h7-9H,2-6,10H2,1H3/t7-,8+,9-/m1/s1. The van der Waals surface area contributed by atoms with Gasteiger partial charge in [-0.1, -0.05) is 0 Å². The Morgan fingerprint density at radius 3 is 2.91 bits per heavy atom. The second kappa shape index (κ2) is 2.76. The van der Waals surface area contributed by atoms with Crippen molar-refractivity contribution in [2.45, 2.75) is 25.3 Å². The summed E-state index contributed by atoms with van der Waals surface area (Å²) in [5, 5.41) is 0. The first-order valence-electron chi connectivity index (χ1n) is 4.71. The molecule has 2 aliphatic rings. The molecule has 2 heteroatoms. The van der Waals surface area contributed by atoms with Crippen LogP contribution in [0.25, 0.3) is 0 Å². The van der Waals surface area contributed by atoms with Gasteiger partial charge in [-0.05, 0) is 44.7 Å². The molecule has 1 aliphatic carbocycles. The molecule has 1 heterocycles. The second-order valence-electron chi connectivity index (χ2n) is 4.22. The molecule has 64 valence electrons. The number of nitrogens with two attached hydrogens (primary N) is 1. The van der Waals surface area contributed by atoms with Crippen LogP contribution < -0.4 is 5.73 Å². The van der Waals surface area contributed by atoms with Crippen LogP contribution in [0, 0.1) is 11.8 Å². The summed E-state index contributed by atoms with van der Waals surface area (Å²) >= 11 is 0. The van der Waals surface area contributed by atoms with Crippen molar-refractivity contribution >= 4 is 0 Å². The molecule has 0 aromatic rings. The third-order valence-electron chi connectivity index (χ3n) is 3.43. The van der Waals surface area contributed by atoms with Crippen LogP contribution in [0.3, 0.4) is 0 Å². The van der Waals surface area contributed by atoms with E-state index in [1.54, 1.807) is 0 Å². The topological polar surface area (TPSA) is 29.3 Å². The lowest BCUT2D eigenvalue weighted by Gasteiger charge is -2.34. The fraction of sp³-hybridized carbons (Fsp3) is 1.00. The second-order valence-corrected chi connectivity index (χ2v) is 4.22. The summed E-state index contributed by atoms with van der Waals surface area (Å²) in [5.41, 5.74) is 6.02. The Morgan fingerprint density at radius 2 is 2.09 bits per heavy atom. The smallest absolute Gasteiger partial charge is 0.00821 e. The number of nitrogens with zero attached hydrogens (tertiary/aromatic N) is 1. The first-order chi connectivity index (χ1) is 5.27. The maximum atomic E-state index is 6.02. The maximum absolute atomic E-state index is 6.02. The Hall–Kier alpha value is -0.0800. The molecule has 0 aromatic heterocycles. The van der Waals surface area contributed by atoms with Crippen molar-refractivity contribution < 1.29 is 0 Å². The van der Waals surface area contributed by atoms with Gasteiger partial charge in [0.05, 0.1) is 0 Å². The molecule has 2 nitrogen and oxygen atoms in total. The molecule has 0 spiro atoms. The predicted octanol–water partition coefficient (Wildman–Crippen LogP) is 0.675. The van der Waals surface area contributed by atoms with Crippen molar-refractivity contribution in [1.82, 2.24) is 4.90 Å². The molecular formula is C9H18N2. The maximum Gasteiger partial charge on any atom is 0.00821 e. The highest BCUT2D eigenvalue weighted by atomic mass is 15.1. The number of fused-ring (bicyclic) bond motifs is 1. The van der Waals surface area contributed by atoms with Gasteiger partial charge in [-0.3, -0.25) is 0 Å². The predicted molar refractivity (Wildman–Crippen MR) is 46.3 cm³/mol. The molecule has 2 N–H and O–H groups in total. The average Bonchev–Trinajstić information content (AvgIpc) is 2.33. The zero-order chi connectivity index (χ0) is 7.84. The van der Waals surface area contributed by atoms with E-state index in [2.05, 4.69) is 11.9 Å². The molecule has 0 bridgehead atoms. The lowest BCUT2D eigenvalue weighted by Crippen LogP contribution is -2.42. The molecule has 1 saturated carbocycles. The monoisotopic (exact) mass is 154 g/mol. The lowest BCUT2D eigenvalue weighted by atomic mass is 9.87. The van der Waals surface area contributed by atoms with Crippen molar-refractivity contribution in [3.63, 3.8) is 0 Å². The number of rotatable bonds is 0. The van der Waals surface area contributed by atoms with Gasteiger partial charge >= 0.3 is 0 Å². The van der Waals surface area contributed by atoms with Crippen molar-refractivity contribution in [2.24, 2.45) is 17.6 Å². The molecule has 3 atom stereocenters. The van der Waals surface area contributed by atoms with Crippen molar-refractivity contribution in [2.75, 3.05) is 20.1 Å². The van der Waals surface area contributed by atoms with Gasteiger partial charge in [-0.2, -0.15) is 0 Å². The van der Waals surface area contributed by atoms with E-state index < -0.39 is 0 Å². The van der Waals surface area contributed by atoms with Crippen LogP contribution in [0.15, 0.2) is 0 Å². The molecular weight excluding hydrogens is 136 g/mol. The largest absolute Gasteiger partial charge is 0.327 e. The van der Waals surface area contributed by atoms with Gasteiger partial charge in [0.25, 0.3) is 0 Å². The Balaban J connectivity index is 2.01. The third kappa shape index (κ3) is 1.30. The highest BCUT2D eigenvalue weighted by Crippen LogP contribution is 2.36. The summed E-state index contributed by atoms with van der Waals surface area (Å²) in [6, 6.07) is 0.503. The SMILES string of the molecule is CN1CC[C@H]2CC[C@@H](N)[C@H]2C1. The van der Waals surface area contributed by atoms with Gasteiger partial charge in [-0.25, -0.2) is 0 Å². The van der Waals surface area contributed by atoms with Crippen LogP contribution in [0.4, 0.5) is 0 Å². The van der Waals surface area contributed by atoms with Gasteiger partial charge in [0.1, 0.15) is 0 Å². The molecule has 1 saturated heterocycles. The van der Waals surface area contributed by atoms with E-state index in [1.165, 1.54) is 32.4 Å². The molecule has 2 rings (SSSR count). The van der Waals surface area contributed by atoms with Crippen LogP contribution in [0.2, 0.25) is 0 Å². The Kier molecular flexibility index (Phi) is 1.90. The van der Waals surface area contributed by atoms with Gasteiger partial charge in [-0.15, -0.1) is 0 Å². The van der Waals surface area contributed by atoms with E-state index in [0.717, 1.165) is 11.8 Å². The fourth-order valence-corrected chi connectivity index (χ4v) is 2.66. The first-order valence-corrected chi connectivity index (χ1v) is 4.71. The number of hydrogen-bond acceptors (Lipinski definition) is 2. The fourth-order valence-electron chi connectivity index (χ4n) is 2.66. The van der Waals surface area contributed by atoms with Crippen molar-refractivity contribution in [3.05, 3.63) is 0 Å². The number of piperidine rings is 1. The van der Waals surface area contributed by atoms with Crippen molar-refractivity contribution in [1.29, 1.82) is 0 Å². The minimum Gasteiger partial charge on any atom is -0.327 e. The third-order valence-corrected chi connectivity index (χ3v) is 3.43. The van der Waals surface area contributed by atoms with E-state index in [4.69, 9.17) is 5.73 Å². The molecule has 0 radical (unpaired) electrons. The minimum absolute atomic E-state index is 0.503. The van der Waals surface area contributed by atoms with E-state index in [1.807, 2.05) is 0 Å². The molecule has 0 unspecified atom stereocenters. The number of likely N-dealkylation sites (tertiary alicyclic amines) is 1. The summed E-state index contributed by atoms with van der Waals surface area (Å²) in [6.45, 7) is 2.53. The summed E-state index contributed by atoms with van der Waals surface area (Å²) < 4.78 is 0. The zero-order valence-corrected chi connectivity index (χ0v) is 7.29. The molecule has 0 aromatic carbocycles. The van der Waals surface area contributed by atoms with Gasteiger partial charge < -0.3 is 10.6 Å². The van der Waals surface area contributed by atoms with E-state index in [9.17, 15) is 0 Å². The Morgan fingerprint density at radius 1 is 1.27 bits per heavy atom. The van der Waals surface area contributed by atoms with Crippen LogP contribution in [-0.4, -0.2) is 31.1 Å². The highest BCUT2D eigenvalue weighted by molar-refractivity contribution is 4.91. The van der Waals surface area contributed by atoms with Crippen LogP contribution >= 0.6 is 0 Å². The average molecular weight is 154 g/mol. The van der Waals surface area contributed by atoms with Crippen LogP contribution in [0.1, 0.15) is 19.3 Å². The summed E-state index contributed by atoms with van der Waals surface area (Å²) in [7, 11) is 2.21. The van der Waals surface area contributed by atoms with Gasteiger partial charge in [0, 0.05) is 12.6 Å². The first kappa shape index (κ1) is 7.56. The lowest BCUT2D eigenvalue weighted by molar-refractivity contribution is 0.157. The Bertz CT molecular complexity index is 146. The molecule has 0 amide bonds. The summed E-state index contributed by atoms with van der Waals surface area (Å²) in [4.78, 5) is 2.42. The van der Waals surface area contributed by atoms with Crippen LogP contribution in [-0.2, 0) is 0 Å². The van der Waals surface area contributed by atoms with Gasteiger partial charge in [0.2, 0.25) is 0 Å². The summed E-state index contributed by atoms with van der Waals surface area (Å²) in [6.07, 6.45) is 4.04. The summed E-state index contributed by atoms with van der Waals surface area (Å²) in [5.74, 6) is 1.77. The zero-order valence-electron chi connectivity index (χ0n) is 7.29. The Labute approximate surface area is 68.7 Å². The minimum atomic E-state index is 0.503. The number of hydrogen-bond donors (Lipinski definition) is 1. The molecule has 1 aliphatic heterocycles. The van der Waals surface area contributed by atoms with Crippen LogP contribution in [0.5, 0.6) is 0 Å². The highest BCUT2D eigenvalue weighted by Gasteiger charge is 2.36. The van der Waals surface area contributed by atoms with Crippen molar-refractivity contribution in [3.8, 4) is 0 Å². The van der Waals surface area contributed by atoms with E-state index in [0.29, 0.717) is 6.04 Å². The quantitative estimate of drug-likeness (QED) is 0.556. The normalized spacial score (nSPS) is 45.8. The van der Waals surface area contributed by atoms with E-state index in [-0.39, 0.29) is 0 Å². The molecule has 2 fully saturated rings. The van der Waals surface area contributed by atoms with E-state index >= 15 is 0 Å². The molecule has 11 heavy (non-hydrogen) atoms.